The zero-order chi connectivity index (χ0) is 19.8. The lowest BCUT2D eigenvalue weighted by molar-refractivity contribution is 0.274. The summed E-state index contributed by atoms with van der Waals surface area (Å²) in [5.41, 5.74) is 5.24. The monoisotopic (exact) mass is 386 g/mol. The molecule has 0 amide bonds. The molecule has 1 aromatic heterocycles. The molecule has 0 aliphatic heterocycles. The summed E-state index contributed by atoms with van der Waals surface area (Å²) in [6.45, 7) is -0.0719. The Balaban J connectivity index is 1.61. The lowest BCUT2D eigenvalue weighted by Gasteiger charge is -2.25. The fourth-order valence-electron chi connectivity index (χ4n) is 4.71. The van der Waals surface area contributed by atoms with Gasteiger partial charge in [-0.3, -0.25) is 0 Å². The maximum Gasteiger partial charge on any atom is 0.123 e. The Hall–Kier alpha value is -2.98. The SMILES string of the molecule is OCc1nn(-c2ccc(F)cc2)c2c1CCCC2Cc1cccc2ccccc12. The van der Waals surface area contributed by atoms with Gasteiger partial charge >= 0.3 is 0 Å². The Morgan fingerprint density at radius 3 is 2.62 bits per heavy atom. The summed E-state index contributed by atoms with van der Waals surface area (Å²) in [4.78, 5) is 0. The van der Waals surface area contributed by atoms with Crippen LogP contribution < -0.4 is 0 Å². The zero-order valence-corrected chi connectivity index (χ0v) is 16.2. The Morgan fingerprint density at radius 1 is 1.00 bits per heavy atom. The Labute approximate surface area is 169 Å². The summed E-state index contributed by atoms with van der Waals surface area (Å²) < 4.78 is 15.4. The molecular formula is C25H23FN2O. The van der Waals surface area contributed by atoms with Crippen molar-refractivity contribution in [2.75, 3.05) is 0 Å². The first kappa shape index (κ1) is 18.1. The van der Waals surface area contributed by atoms with Gasteiger partial charge in [-0.05, 0) is 71.8 Å². The number of hydrogen-bond acceptors (Lipinski definition) is 2. The van der Waals surface area contributed by atoms with Gasteiger partial charge in [0.05, 0.1) is 23.7 Å². The van der Waals surface area contributed by atoms with Crippen LogP contribution in [0.2, 0.25) is 0 Å². The molecule has 4 aromatic rings. The summed E-state index contributed by atoms with van der Waals surface area (Å²) in [6, 6.07) is 21.4. The van der Waals surface area contributed by atoms with Crippen LogP contribution >= 0.6 is 0 Å². The minimum atomic E-state index is -0.260. The maximum atomic E-state index is 13.5. The number of nitrogens with zero attached hydrogens (tertiary/aromatic N) is 2. The number of aliphatic hydroxyl groups is 1. The Kier molecular flexibility index (Phi) is 4.64. The minimum absolute atomic E-state index is 0.0719. The number of rotatable bonds is 4. The summed E-state index contributed by atoms with van der Waals surface area (Å²) in [5, 5.41) is 17.1. The van der Waals surface area contributed by atoms with Crippen LogP contribution in [-0.4, -0.2) is 14.9 Å². The van der Waals surface area contributed by atoms with Gasteiger partial charge in [0.1, 0.15) is 5.82 Å². The summed E-state index contributed by atoms with van der Waals surface area (Å²) in [5.74, 6) is 0.0480. The fraction of sp³-hybridized carbons (Fsp3) is 0.240. The van der Waals surface area contributed by atoms with Crippen LogP contribution in [0.5, 0.6) is 0 Å². The van der Waals surface area contributed by atoms with Gasteiger partial charge in [-0.15, -0.1) is 0 Å². The van der Waals surface area contributed by atoms with Crippen molar-refractivity contribution < 1.29 is 9.50 Å². The highest BCUT2D eigenvalue weighted by Crippen LogP contribution is 2.38. The summed E-state index contributed by atoms with van der Waals surface area (Å²) in [7, 11) is 0. The lowest BCUT2D eigenvalue weighted by Crippen LogP contribution is -2.16. The fourth-order valence-corrected chi connectivity index (χ4v) is 4.71. The van der Waals surface area contributed by atoms with Gasteiger partial charge in [0.25, 0.3) is 0 Å². The predicted octanol–water partition coefficient (Wildman–Crippen LogP) is 5.32. The van der Waals surface area contributed by atoms with E-state index >= 15 is 0 Å². The zero-order valence-electron chi connectivity index (χ0n) is 16.2. The molecule has 0 bridgehead atoms. The van der Waals surface area contributed by atoms with E-state index in [4.69, 9.17) is 5.10 Å². The highest BCUT2D eigenvalue weighted by atomic mass is 19.1. The summed E-state index contributed by atoms with van der Waals surface area (Å²) in [6.07, 6.45) is 4.02. The van der Waals surface area contributed by atoms with E-state index in [-0.39, 0.29) is 12.4 Å². The molecule has 3 aromatic carbocycles. The second kappa shape index (κ2) is 7.45. The Morgan fingerprint density at radius 2 is 1.79 bits per heavy atom. The largest absolute Gasteiger partial charge is 0.390 e. The number of benzene rings is 3. The molecule has 146 valence electrons. The molecule has 0 saturated carbocycles. The third kappa shape index (κ3) is 3.23. The van der Waals surface area contributed by atoms with E-state index < -0.39 is 0 Å². The van der Waals surface area contributed by atoms with E-state index in [0.717, 1.165) is 42.6 Å². The van der Waals surface area contributed by atoms with Crippen LogP contribution in [0, 0.1) is 5.82 Å². The first-order chi connectivity index (χ1) is 14.2. The second-order valence-corrected chi connectivity index (χ2v) is 7.79. The van der Waals surface area contributed by atoms with Gasteiger partial charge in [0.2, 0.25) is 0 Å². The number of fused-ring (bicyclic) bond motifs is 2. The van der Waals surface area contributed by atoms with Gasteiger partial charge < -0.3 is 5.11 Å². The molecule has 1 unspecified atom stereocenters. The van der Waals surface area contributed by atoms with E-state index in [0.29, 0.717) is 5.92 Å². The van der Waals surface area contributed by atoms with E-state index in [9.17, 15) is 9.50 Å². The average molecular weight is 386 g/mol. The van der Waals surface area contributed by atoms with Crippen LogP contribution in [0.25, 0.3) is 16.5 Å². The quantitative estimate of drug-likeness (QED) is 0.515. The number of aromatic nitrogens is 2. The molecule has 0 fully saturated rings. The van der Waals surface area contributed by atoms with Crippen LogP contribution in [-0.2, 0) is 19.4 Å². The van der Waals surface area contributed by atoms with Crippen LogP contribution in [0.1, 0.15) is 41.3 Å². The third-order valence-corrected chi connectivity index (χ3v) is 6.04. The molecule has 0 radical (unpaired) electrons. The van der Waals surface area contributed by atoms with E-state index in [1.165, 1.54) is 34.2 Å². The highest BCUT2D eigenvalue weighted by molar-refractivity contribution is 5.85. The molecule has 1 atom stereocenters. The number of hydrogen-bond donors (Lipinski definition) is 1. The predicted molar refractivity (Wildman–Crippen MR) is 113 cm³/mol. The van der Waals surface area contributed by atoms with Crippen molar-refractivity contribution in [2.24, 2.45) is 0 Å². The van der Waals surface area contributed by atoms with Gasteiger partial charge in [-0.2, -0.15) is 5.10 Å². The van der Waals surface area contributed by atoms with Crippen molar-refractivity contribution in [2.45, 2.75) is 38.2 Å². The van der Waals surface area contributed by atoms with Crippen LogP contribution in [0.15, 0.2) is 66.7 Å². The van der Waals surface area contributed by atoms with Gasteiger partial charge in [-0.25, -0.2) is 9.07 Å². The number of aliphatic hydroxyl groups excluding tert-OH is 1. The van der Waals surface area contributed by atoms with Crippen molar-refractivity contribution >= 4 is 10.8 Å². The third-order valence-electron chi connectivity index (χ3n) is 6.04. The molecule has 0 spiro atoms. The van der Waals surface area contributed by atoms with E-state index in [1.807, 2.05) is 4.68 Å². The second-order valence-electron chi connectivity index (χ2n) is 7.79. The molecule has 1 N–H and O–H groups in total. The highest BCUT2D eigenvalue weighted by Gasteiger charge is 2.29. The standard InChI is InChI=1S/C25H23FN2O/c26-20-11-13-21(14-12-20)28-25-19(8-4-10-23(25)24(16-29)27-28)15-18-7-3-6-17-5-1-2-9-22(17)18/h1-3,5-7,9,11-14,19,29H,4,8,10,15-16H2. The summed E-state index contributed by atoms with van der Waals surface area (Å²) >= 11 is 0. The van der Waals surface area contributed by atoms with Gasteiger partial charge in [0.15, 0.2) is 0 Å². The first-order valence-corrected chi connectivity index (χ1v) is 10.2. The van der Waals surface area contributed by atoms with Crippen LogP contribution in [0.4, 0.5) is 4.39 Å². The van der Waals surface area contributed by atoms with Crippen molar-refractivity contribution in [3.63, 3.8) is 0 Å². The van der Waals surface area contributed by atoms with Crippen LogP contribution in [0.3, 0.4) is 0 Å². The molecule has 4 heteroatoms. The molecule has 1 heterocycles. The minimum Gasteiger partial charge on any atom is -0.390 e. The molecule has 0 saturated heterocycles. The maximum absolute atomic E-state index is 13.5. The van der Waals surface area contributed by atoms with E-state index in [1.54, 1.807) is 12.1 Å². The van der Waals surface area contributed by atoms with Crippen molar-refractivity contribution in [3.8, 4) is 5.69 Å². The molecule has 5 rings (SSSR count). The first-order valence-electron chi connectivity index (χ1n) is 10.2. The normalized spacial score (nSPS) is 16.1. The van der Waals surface area contributed by atoms with Gasteiger partial charge in [0, 0.05) is 5.92 Å². The smallest absolute Gasteiger partial charge is 0.123 e. The lowest BCUT2D eigenvalue weighted by atomic mass is 9.82. The van der Waals surface area contributed by atoms with Crippen molar-refractivity contribution in [1.29, 1.82) is 0 Å². The number of halogens is 1. The molecule has 3 nitrogen and oxygen atoms in total. The van der Waals surface area contributed by atoms with Crippen molar-refractivity contribution in [1.82, 2.24) is 9.78 Å². The Bertz CT molecular complexity index is 1160. The van der Waals surface area contributed by atoms with Crippen molar-refractivity contribution in [3.05, 3.63) is 95.1 Å². The topological polar surface area (TPSA) is 38.1 Å². The average Bonchev–Trinajstić information content (AvgIpc) is 3.14. The molecular weight excluding hydrogens is 363 g/mol. The van der Waals surface area contributed by atoms with E-state index in [2.05, 4.69) is 42.5 Å². The molecule has 1 aliphatic carbocycles. The molecule has 1 aliphatic rings. The molecule has 29 heavy (non-hydrogen) atoms. The van der Waals surface area contributed by atoms with Gasteiger partial charge in [-0.1, -0.05) is 42.5 Å².